The highest BCUT2D eigenvalue weighted by atomic mass is 35.5. The third-order valence-corrected chi connectivity index (χ3v) is 3.48. The monoisotopic (exact) mass is 312 g/mol. The SMILES string of the molecule is OC(c1ccc(F)c(F)c1)c1cc(Cl)c2c(c1)OCCO2. The molecule has 1 atom stereocenters. The molecule has 0 saturated heterocycles. The van der Waals surface area contributed by atoms with Gasteiger partial charge in [-0.2, -0.15) is 0 Å². The number of hydrogen-bond acceptors (Lipinski definition) is 3. The molecule has 2 aromatic carbocycles. The highest BCUT2D eigenvalue weighted by molar-refractivity contribution is 6.32. The number of halogens is 3. The van der Waals surface area contributed by atoms with Crippen molar-refractivity contribution in [2.24, 2.45) is 0 Å². The molecule has 6 heteroatoms. The van der Waals surface area contributed by atoms with Gasteiger partial charge in [0.25, 0.3) is 0 Å². The van der Waals surface area contributed by atoms with Crippen LogP contribution in [0.5, 0.6) is 11.5 Å². The van der Waals surface area contributed by atoms with Gasteiger partial charge in [-0.1, -0.05) is 17.7 Å². The molecule has 1 N–H and O–H groups in total. The standard InChI is InChI=1S/C15H11ClF2O3/c16-10-5-9(7-13-15(10)21-4-3-20-13)14(19)8-1-2-11(17)12(18)6-8/h1-2,5-7,14,19H,3-4H2. The van der Waals surface area contributed by atoms with E-state index in [1.807, 2.05) is 0 Å². The minimum Gasteiger partial charge on any atom is -0.486 e. The Morgan fingerprint density at radius 1 is 1.00 bits per heavy atom. The zero-order valence-corrected chi connectivity index (χ0v) is 11.5. The fourth-order valence-electron chi connectivity index (χ4n) is 2.16. The minimum absolute atomic E-state index is 0.224. The summed E-state index contributed by atoms with van der Waals surface area (Å²) in [6, 6.07) is 6.32. The van der Waals surface area contributed by atoms with Crippen LogP contribution in [0.25, 0.3) is 0 Å². The summed E-state index contributed by atoms with van der Waals surface area (Å²) >= 11 is 6.09. The van der Waals surface area contributed by atoms with Gasteiger partial charge in [-0.05, 0) is 35.4 Å². The highest BCUT2D eigenvalue weighted by Crippen LogP contribution is 2.40. The summed E-state index contributed by atoms with van der Waals surface area (Å²) in [5.74, 6) is -1.14. The summed E-state index contributed by atoms with van der Waals surface area (Å²) in [4.78, 5) is 0. The molecule has 3 nitrogen and oxygen atoms in total. The molecule has 21 heavy (non-hydrogen) atoms. The molecule has 0 aliphatic carbocycles. The molecule has 0 spiro atoms. The van der Waals surface area contributed by atoms with E-state index in [-0.39, 0.29) is 5.56 Å². The van der Waals surface area contributed by atoms with Gasteiger partial charge in [0.1, 0.15) is 19.3 Å². The Kier molecular flexibility index (Phi) is 3.69. The number of fused-ring (bicyclic) bond motifs is 1. The van der Waals surface area contributed by atoms with Crippen molar-refractivity contribution >= 4 is 11.6 Å². The van der Waals surface area contributed by atoms with E-state index in [0.29, 0.717) is 35.3 Å². The van der Waals surface area contributed by atoms with Crippen molar-refractivity contribution in [1.29, 1.82) is 0 Å². The topological polar surface area (TPSA) is 38.7 Å². The molecule has 0 amide bonds. The molecule has 110 valence electrons. The second kappa shape index (κ2) is 5.50. The molecule has 0 saturated carbocycles. The number of aliphatic hydroxyl groups is 1. The van der Waals surface area contributed by atoms with E-state index in [1.54, 1.807) is 6.07 Å². The Labute approximate surface area is 124 Å². The fourth-order valence-corrected chi connectivity index (χ4v) is 2.44. The van der Waals surface area contributed by atoms with Crippen molar-refractivity contribution < 1.29 is 23.4 Å². The van der Waals surface area contributed by atoms with Gasteiger partial charge in [-0.15, -0.1) is 0 Å². The predicted octanol–water partition coefficient (Wildman–Crippen LogP) is 3.47. The van der Waals surface area contributed by atoms with Gasteiger partial charge >= 0.3 is 0 Å². The number of benzene rings is 2. The highest BCUT2D eigenvalue weighted by Gasteiger charge is 2.21. The maximum Gasteiger partial charge on any atom is 0.179 e. The summed E-state index contributed by atoms with van der Waals surface area (Å²) in [5.41, 5.74) is 0.636. The van der Waals surface area contributed by atoms with Crippen LogP contribution in [-0.2, 0) is 0 Å². The van der Waals surface area contributed by atoms with Crippen LogP contribution in [0.3, 0.4) is 0 Å². The Balaban J connectivity index is 1.99. The minimum atomic E-state index is -1.14. The molecule has 1 aliphatic heterocycles. The van der Waals surface area contributed by atoms with Crippen LogP contribution < -0.4 is 9.47 Å². The van der Waals surface area contributed by atoms with Gasteiger partial charge in [0.15, 0.2) is 23.1 Å². The Morgan fingerprint density at radius 3 is 2.52 bits per heavy atom. The maximum absolute atomic E-state index is 13.3. The lowest BCUT2D eigenvalue weighted by Crippen LogP contribution is -2.16. The molecule has 0 radical (unpaired) electrons. The third kappa shape index (κ3) is 2.66. The Morgan fingerprint density at radius 2 is 1.76 bits per heavy atom. The van der Waals surface area contributed by atoms with Crippen LogP contribution in [0.4, 0.5) is 8.78 Å². The van der Waals surface area contributed by atoms with Gasteiger partial charge < -0.3 is 14.6 Å². The molecule has 1 aliphatic rings. The summed E-state index contributed by atoms with van der Waals surface area (Å²) in [7, 11) is 0. The summed E-state index contributed by atoms with van der Waals surface area (Å²) < 4.78 is 37.0. The molecule has 0 bridgehead atoms. The molecule has 0 fully saturated rings. The van der Waals surface area contributed by atoms with Crippen molar-refractivity contribution in [2.45, 2.75) is 6.10 Å². The quantitative estimate of drug-likeness (QED) is 0.923. The maximum atomic E-state index is 13.3. The summed E-state index contributed by atoms with van der Waals surface area (Å²) in [6.45, 7) is 0.784. The van der Waals surface area contributed by atoms with E-state index in [9.17, 15) is 13.9 Å². The van der Waals surface area contributed by atoms with Crippen molar-refractivity contribution in [3.63, 3.8) is 0 Å². The average molecular weight is 313 g/mol. The molecule has 0 aromatic heterocycles. The van der Waals surface area contributed by atoms with Crippen molar-refractivity contribution in [1.82, 2.24) is 0 Å². The van der Waals surface area contributed by atoms with E-state index in [4.69, 9.17) is 21.1 Å². The second-order valence-corrected chi connectivity index (χ2v) is 5.01. The normalized spacial score (nSPS) is 14.9. The number of ether oxygens (including phenoxy) is 2. The molecule has 1 unspecified atom stereocenters. The average Bonchev–Trinajstić information content (AvgIpc) is 2.49. The summed E-state index contributed by atoms with van der Waals surface area (Å²) in [6.07, 6.45) is -1.14. The fraction of sp³-hybridized carbons (Fsp3) is 0.200. The summed E-state index contributed by atoms with van der Waals surface area (Å²) in [5, 5.41) is 10.6. The predicted molar refractivity (Wildman–Crippen MR) is 72.9 cm³/mol. The van der Waals surface area contributed by atoms with Crippen LogP contribution in [0.15, 0.2) is 30.3 Å². The zero-order valence-electron chi connectivity index (χ0n) is 10.8. The van der Waals surface area contributed by atoms with Gasteiger partial charge in [-0.25, -0.2) is 8.78 Å². The zero-order chi connectivity index (χ0) is 15.0. The largest absolute Gasteiger partial charge is 0.486 e. The van der Waals surface area contributed by atoms with Gasteiger partial charge in [0.2, 0.25) is 0 Å². The first kappa shape index (κ1) is 14.1. The number of rotatable bonds is 2. The van der Waals surface area contributed by atoms with E-state index in [2.05, 4.69) is 0 Å². The van der Waals surface area contributed by atoms with E-state index in [0.717, 1.165) is 12.1 Å². The number of hydrogen-bond donors (Lipinski definition) is 1. The van der Waals surface area contributed by atoms with Crippen molar-refractivity contribution in [2.75, 3.05) is 13.2 Å². The van der Waals surface area contributed by atoms with Crippen LogP contribution in [-0.4, -0.2) is 18.3 Å². The molecule has 2 aromatic rings. The smallest absolute Gasteiger partial charge is 0.179 e. The lowest BCUT2D eigenvalue weighted by Gasteiger charge is -2.21. The van der Waals surface area contributed by atoms with Gasteiger partial charge in [0, 0.05) is 0 Å². The Hall–Kier alpha value is -1.85. The van der Waals surface area contributed by atoms with E-state index < -0.39 is 17.7 Å². The number of aliphatic hydroxyl groups excluding tert-OH is 1. The molecule has 1 heterocycles. The lowest BCUT2D eigenvalue weighted by molar-refractivity contribution is 0.170. The van der Waals surface area contributed by atoms with E-state index >= 15 is 0 Å². The molecular weight excluding hydrogens is 302 g/mol. The third-order valence-electron chi connectivity index (χ3n) is 3.19. The van der Waals surface area contributed by atoms with Crippen LogP contribution in [0.2, 0.25) is 5.02 Å². The second-order valence-electron chi connectivity index (χ2n) is 4.60. The van der Waals surface area contributed by atoms with Crippen LogP contribution in [0.1, 0.15) is 17.2 Å². The first-order valence-electron chi connectivity index (χ1n) is 6.28. The molecule has 3 rings (SSSR count). The Bertz CT molecular complexity index is 691. The van der Waals surface area contributed by atoms with Crippen molar-refractivity contribution in [3.05, 3.63) is 58.1 Å². The van der Waals surface area contributed by atoms with Crippen molar-refractivity contribution in [3.8, 4) is 11.5 Å². The van der Waals surface area contributed by atoms with Gasteiger partial charge in [-0.3, -0.25) is 0 Å². The van der Waals surface area contributed by atoms with Crippen LogP contribution >= 0.6 is 11.6 Å². The van der Waals surface area contributed by atoms with Gasteiger partial charge in [0.05, 0.1) is 5.02 Å². The van der Waals surface area contributed by atoms with E-state index in [1.165, 1.54) is 12.1 Å². The first-order valence-corrected chi connectivity index (χ1v) is 6.66. The molecular formula is C15H11ClF2O3. The first-order chi connectivity index (χ1) is 10.1. The lowest BCUT2D eigenvalue weighted by atomic mass is 10.0. The van der Waals surface area contributed by atoms with Crippen LogP contribution in [0, 0.1) is 11.6 Å².